The molecule has 1 N–H and O–H groups in total. The monoisotopic (exact) mass is 376 g/mol. The summed E-state index contributed by atoms with van der Waals surface area (Å²) in [5.41, 5.74) is 2.56. The molecule has 0 atom stereocenters. The van der Waals surface area contributed by atoms with Gasteiger partial charge in [-0.2, -0.15) is 5.10 Å². The normalized spacial score (nSPS) is 13.7. The Bertz CT molecular complexity index is 876. The maximum atomic E-state index is 12.1. The van der Waals surface area contributed by atoms with Gasteiger partial charge in [0.15, 0.2) is 6.61 Å². The van der Waals surface area contributed by atoms with E-state index in [1.807, 2.05) is 13.8 Å². The summed E-state index contributed by atoms with van der Waals surface area (Å²) in [7, 11) is 0. The lowest BCUT2D eigenvalue weighted by molar-refractivity contribution is -0.130. The number of carbonyl (C=O) groups excluding carboxylic acids is 3. The molecule has 1 aliphatic heterocycles. The summed E-state index contributed by atoms with van der Waals surface area (Å²) in [5, 5.41) is 7.45. The Kier molecular flexibility index (Phi) is 4.94. The quantitative estimate of drug-likeness (QED) is 0.822. The Labute approximate surface area is 154 Å². The first-order chi connectivity index (χ1) is 12.4. The zero-order chi connectivity index (χ0) is 18.8. The standard InChI is InChI=1S/C17H17ClN4O4/c1-10-15(18)11(2)22(20-10)13-5-3-12(4-6-13)16(24)26-9-14(23)21-8-7-19-17(21)25/h3-6H,7-9H2,1-2H3,(H,19,25). The Morgan fingerprint density at radius 2 is 1.96 bits per heavy atom. The van der Waals surface area contributed by atoms with Crippen LogP contribution in [0.25, 0.3) is 5.69 Å². The van der Waals surface area contributed by atoms with Gasteiger partial charge in [-0.3, -0.25) is 9.69 Å². The van der Waals surface area contributed by atoms with Crippen molar-refractivity contribution in [1.29, 1.82) is 0 Å². The van der Waals surface area contributed by atoms with Crippen LogP contribution in [0.3, 0.4) is 0 Å². The molecule has 1 saturated heterocycles. The lowest BCUT2D eigenvalue weighted by atomic mass is 10.2. The van der Waals surface area contributed by atoms with Crippen LogP contribution in [0.1, 0.15) is 21.7 Å². The van der Waals surface area contributed by atoms with Gasteiger partial charge >= 0.3 is 12.0 Å². The van der Waals surface area contributed by atoms with Crippen LogP contribution >= 0.6 is 11.6 Å². The second-order valence-electron chi connectivity index (χ2n) is 5.80. The number of carbonyl (C=O) groups is 3. The Morgan fingerprint density at radius 1 is 1.27 bits per heavy atom. The van der Waals surface area contributed by atoms with E-state index in [9.17, 15) is 14.4 Å². The predicted molar refractivity (Wildman–Crippen MR) is 93.4 cm³/mol. The van der Waals surface area contributed by atoms with E-state index < -0.39 is 24.5 Å². The maximum Gasteiger partial charge on any atom is 0.338 e. The molecule has 0 spiro atoms. The molecule has 2 aromatic rings. The van der Waals surface area contributed by atoms with Crippen LogP contribution in [-0.2, 0) is 9.53 Å². The van der Waals surface area contributed by atoms with Gasteiger partial charge in [0.2, 0.25) is 0 Å². The number of amides is 3. The molecule has 8 nitrogen and oxygen atoms in total. The van der Waals surface area contributed by atoms with Crippen LogP contribution in [0, 0.1) is 13.8 Å². The molecule has 1 aliphatic rings. The van der Waals surface area contributed by atoms with Crippen molar-refractivity contribution in [2.75, 3.05) is 19.7 Å². The number of urea groups is 1. The van der Waals surface area contributed by atoms with Gasteiger partial charge in [0.05, 0.1) is 27.7 Å². The second kappa shape index (κ2) is 7.17. The minimum atomic E-state index is -0.643. The molecule has 3 rings (SSSR count). The fraction of sp³-hybridized carbons (Fsp3) is 0.294. The van der Waals surface area contributed by atoms with Crippen molar-refractivity contribution in [3.8, 4) is 5.69 Å². The highest BCUT2D eigenvalue weighted by Gasteiger charge is 2.26. The molecule has 136 valence electrons. The molecule has 1 aromatic carbocycles. The molecule has 1 aromatic heterocycles. The number of imide groups is 1. The fourth-order valence-corrected chi connectivity index (χ4v) is 2.73. The summed E-state index contributed by atoms with van der Waals surface area (Å²) >= 11 is 6.14. The van der Waals surface area contributed by atoms with E-state index in [0.717, 1.165) is 22.0 Å². The number of benzene rings is 1. The molecule has 9 heteroatoms. The van der Waals surface area contributed by atoms with E-state index in [2.05, 4.69) is 10.4 Å². The van der Waals surface area contributed by atoms with Crippen LogP contribution in [0.5, 0.6) is 0 Å². The number of halogens is 1. The van der Waals surface area contributed by atoms with Crippen molar-refractivity contribution in [2.24, 2.45) is 0 Å². The number of hydrogen-bond acceptors (Lipinski definition) is 5. The number of ether oxygens (including phenoxy) is 1. The van der Waals surface area contributed by atoms with Gasteiger partial charge < -0.3 is 10.1 Å². The summed E-state index contributed by atoms with van der Waals surface area (Å²) in [6, 6.07) is 6.10. The lowest BCUT2D eigenvalue weighted by Gasteiger charge is -2.12. The molecule has 0 aliphatic carbocycles. The zero-order valence-corrected chi connectivity index (χ0v) is 15.0. The first-order valence-electron chi connectivity index (χ1n) is 7.96. The molecular weight excluding hydrogens is 360 g/mol. The predicted octanol–water partition coefficient (Wildman–Crippen LogP) is 1.85. The number of aromatic nitrogens is 2. The largest absolute Gasteiger partial charge is 0.452 e. The van der Waals surface area contributed by atoms with Gasteiger partial charge in [0.25, 0.3) is 5.91 Å². The van der Waals surface area contributed by atoms with E-state index in [4.69, 9.17) is 16.3 Å². The lowest BCUT2D eigenvalue weighted by Crippen LogP contribution is -2.37. The third-order valence-corrected chi connectivity index (χ3v) is 4.58. The molecule has 0 radical (unpaired) electrons. The highest BCUT2D eigenvalue weighted by atomic mass is 35.5. The number of rotatable bonds is 4. The van der Waals surface area contributed by atoms with Gasteiger partial charge in [-0.15, -0.1) is 0 Å². The molecule has 0 saturated carbocycles. The molecular formula is C17H17ClN4O4. The van der Waals surface area contributed by atoms with E-state index in [1.54, 1.807) is 28.9 Å². The van der Waals surface area contributed by atoms with Crippen molar-refractivity contribution >= 4 is 29.5 Å². The number of hydrogen-bond donors (Lipinski definition) is 1. The molecule has 0 unspecified atom stereocenters. The zero-order valence-electron chi connectivity index (χ0n) is 14.3. The van der Waals surface area contributed by atoms with Gasteiger partial charge in [0.1, 0.15) is 0 Å². The SMILES string of the molecule is Cc1nn(-c2ccc(C(=O)OCC(=O)N3CCNC3=O)cc2)c(C)c1Cl. The molecule has 1 fully saturated rings. The highest BCUT2D eigenvalue weighted by Crippen LogP contribution is 2.22. The summed E-state index contributed by atoms with van der Waals surface area (Å²) in [6.45, 7) is 3.85. The van der Waals surface area contributed by atoms with E-state index in [0.29, 0.717) is 17.1 Å². The third kappa shape index (κ3) is 3.41. The van der Waals surface area contributed by atoms with Crippen LogP contribution in [0.15, 0.2) is 24.3 Å². The summed E-state index contributed by atoms with van der Waals surface area (Å²) in [4.78, 5) is 36.4. The van der Waals surface area contributed by atoms with Crippen LogP contribution < -0.4 is 5.32 Å². The van der Waals surface area contributed by atoms with Crippen LogP contribution in [-0.4, -0.2) is 52.3 Å². The first-order valence-corrected chi connectivity index (χ1v) is 8.33. The number of esters is 1. The fourth-order valence-electron chi connectivity index (χ4n) is 2.61. The third-order valence-electron chi connectivity index (χ3n) is 4.04. The van der Waals surface area contributed by atoms with E-state index >= 15 is 0 Å². The second-order valence-corrected chi connectivity index (χ2v) is 6.17. The number of nitrogens with zero attached hydrogens (tertiary/aromatic N) is 3. The summed E-state index contributed by atoms with van der Waals surface area (Å²) in [5.74, 6) is -1.20. The van der Waals surface area contributed by atoms with Gasteiger partial charge in [-0.1, -0.05) is 11.6 Å². The Morgan fingerprint density at radius 3 is 2.50 bits per heavy atom. The van der Waals surface area contributed by atoms with Crippen molar-refractivity contribution in [3.63, 3.8) is 0 Å². The molecule has 26 heavy (non-hydrogen) atoms. The molecule has 0 bridgehead atoms. The average molecular weight is 377 g/mol. The summed E-state index contributed by atoms with van der Waals surface area (Å²) in [6.07, 6.45) is 0. The first kappa shape index (κ1) is 17.9. The van der Waals surface area contributed by atoms with Crippen LogP contribution in [0.2, 0.25) is 5.02 Å². The number of aryl methyl sites for hydroxylation is 1. The smallest absolute Gasteiger partial charge is 0.338 e. The number of nitrogens with one attached hydrogen (secondary N) is 1. The van der Waals surface area contributed by atoms with Gasteiger partial charge in [0, 0.05) is 13.1 Å². The molecule has 2 heterocycles. The summed E-state index contributed by atoms with van der Waals surface area (Å²) < 4.78 is 6.67. The highest BCUT2D eigenvalue weighted by molar-refractivity contribution is 6.31. The molecule has 3 amide bonds. The van der Waals surface area contributed by atoms with Gasteiger partial charge in [-0.05, 0) is 38.1 Å². The minimum absolute atomic E-state index is 0.273. The maximum absolute atomic E-state index is 12.1. The topological polar surface area (TPSA) is 93.5 Å². The van der Waals surface area contributed by atoms with Crippen LogP contribution in [0.4, 0.5) is 4.79 Å². The van der Waals surface area contributed by atoms with Crippen molar-refractivity contribution in [3.05, 3.63) is 46.2 Å². The average Bonchev–Trinajstić information content (AvgIpc) is 3.18. The van der Waals surface area contributed by atoms with Crippen molar-refractivity contribution in [2.45, 2.75) is 13.8 Å². The Hall–Kier alpha value is -2.87. The van der Waals surface area contributed by atoms with E-state index in [-0.39, 0.29) is 6.54 Å². The Balaban J connectivity index is 1.64. The minimum Gasteiger partial charge on any atom is -0.452 e. The van der Waals surface area contributed by atoms with Gasteiger partial charge in [-0.25, -0.2) is 14.3 Å². The van der Waals surface area contributed by atoms with Crippen molar-refractivity contribution < 1.29 is 19.1 Å². The van der Waals surface area contributed by atoms with Crippen molar-refractivity contribution in [1.82, 2.24) is 20.0 Å². The van der Waals surface area contributed by atoms with E-state index in [1.165, 1.54) is 0 Å².